The molecule has 7 aliphatic carbocycles. The Labute approximate surface area is 225 Å². The molecule has 6 nitrogen and oxygen atoms in total. The zero-order chi connectivity index (χ0) is 26.2. The zero-order valence-corrected chi connectivity index (χ0v) is 22.8. The molecule has 7 aliphatic rings. The molecule has 3 atom stereocenters. The first-order chi connectivity index (χ1) is 18.2. The second-order valence-corrected chi connectivity index (χ2v) is 14.3. The van der Waals surface area contributed by atoms with Gasteiger partial charge in [-0.2, -0.15) is 0 Å². The number of nitrogens with zero attached hydrogens (tertiary/aromatic N) is 1. The first-order valence-corrected chi connectivity index (χ1v) is 14.9. The van der Waals surface area contributed by atoms with Gasteiger partial charge in [0.2, 0.25) is 0 Å². The zero-order valence-electron chi connectivity index (χ0n) is 22.8. The first kappa shape index (κ1) is 24.4. The van der Waals surface area contributed by atoms with Gasteiger partial charge in [-0.15, -0.1) is 0 Å². The molecule has 0 saturated heterocycles. The molecule has 3 N–H and O–H groups in total. The monoisotopic (exact) mass is 515 g/mol. The highest BCUT2D eigenvalue weighted by molar-refractivity contribution is 6.04. The van der Waals surface area contributed by atoms with Gasteiger partial charge in [0, 0.05) is 17.3 Å². The van der Waals surface area contributed by atoms with Crippen LogP contribution in [-0.4, -0.2) is 27.0 Å². The molecule has 1 heterocycles. The number of aromatic nitrogens is 2. The van der Waals surface area contributed by atoms with Gasteiger partial charge in [0.25, 0.3) is 5.91 Å². The topological polar surface area (TPSA) is 95.1 Å². The first-order valence-electron chi connectivity index (χ1n) is 14.9. The van der Waals surface area contributed by atoms with Crippen molar-refractivity contribution in [1.29, 1.82) is 0 Å². The van der Waals surface area contributed by atoms with Crippen LogP contribution < -0.4 is 5.32 Å². The van der Waals surface area contributed by atoms with Crippen molar-refractivity contribution in [3.8, 4) is 0 Å². The number of fused-ring (bicyclic) bond motifs is 2. The molecule has 202 valence electrons. The standard InChI is InChI=1S/C32H41N3O3/c1-31(2)22-6-7-24(25(31)14-22)28-34-26(8-9-32-15-18-10-19(16-32)12-20(11-18)17-32)27(35-28)29(36)33-23-5-3-4-21(13-23)30(37)38/h3-5,13,18-20,22,24-25H,6-12,14-17H2,1-2H3,(H,33,36)(H,34,35)(H,37,38). The van der Waals surface area contributed by atoms with Gasteiger partial charge >= 0.3 is 5.97 Å². The van der Waals surface area contributed by atoms with E-state index in [9.17, 15) is 14.7 Å². The van der Waals surface area contributed by atoms with Crippen molar-refractivity contribution in [2.75, 3.05) is 5.32 Å². The van der Waals surface area contributed by atoms with E-state index in [2.05, 4.69) is 24.1 Å². The molecule has 7 fully saturated rings. The number of carbonyl (C=O) groups excluding carboxylic acids is 1. The predicted molar refractivity (Wildman–Crippen MR) is 146 cm³/mol. The molecule has 38 heavy (non-hydrogen) atoms. The Morgan fingerprint density at radius 2 is 1.76 bits per heavy atom. The molecule has 7 saturated carbocycles. The molecule has 3 unspecified atom stereocenters. The van der Waals surface area contributed by atoms with Crippen LogP contribution in [0.3, 0.4) is 0 Å². The highest BCUT2D eigenvalue weighted by Crippen LogP contribution is 2.64. The maximum Gasteiger partial charge on any atom is 0.335 e. The highest BCUT2D eigenvalue weighted by Gasteiger charge is 2.55. The van der Waals surface area contributed by atoms with Crippen LogP contribution in [0.25, 0.3) is 0 Å². The lowest BCUT2D eigenvalue weighted by molar-refractivity contribution is -0.0822. The Kier molecular flexibility index (Phi) is 5.58. The summed E-state index contributed by atoms with van der Waals surface area (Å²) in [6.45, 7) is 4.80. The Morgan fingerprint density at radius 1 is 1.05 bits per heavy atom. The van der Waals surface area contributed by atoms with Crippen LogP contribution in [0.5, 0.6) is 0 Å². The van der Waals surface area contributed by atoms with E-state index in [0.29, 0.717) is 34.0 Å². The van der Waals surface area contributed by atoms with E-state index in [1.807, 2.05) is 0 Å². The summed E-state index contributed by atoms with van der Waals surface area (Å²) in [5.41, 5.74) is 2.92. The van der Waals surface area contributed by atoms with Gasteiger partial charge in [0.15, 0.2) is 0 Å². The number of hydrogen-bond donors (Lipinski definition) is 3. The largest absolute Gasteiger partial charge is 0.478 e. The van der Waals surface area contributed by atoms with E-state index >= 15 is 0 Å². The summed E-state index contributed by atoms with van der Waals surface area (Å²) in [7, 11) is 0. The summed E-state index contributed by atoms with van der Waals surface area (Å²) < 4.78 is 0. The quantitative estimate of drug-likeness (QED) is 0.368. The molecule has 0 spiro atoms. The molecule has 2 aromatic rings. The summed E-state index contributed by atoms with van der Waals surface area (Å²) in [4.78, 5) is 33.8. The minimum atomic E-state index is -1.00. The number of carbonyl (C=O) groups is 2. The molecule has 1 aromatic carbocycles. The molecule has 6 bridgehead atoms. The average Bonchev–Trinajstić information content (AvgIpc) is 3.31. The Hall–Kier alpha value is -2.63. The number of aromatic amines is 1. The van der Waals surface area contributed by atoms with Gasteiger partial charge < -0.3 is 15.4 Å². The third kappa shape index (κ3) is 4.01. The number of rotatable bonds is 7. The number of carboxylic acids is 1. The van der Waals surface area contributed by atoms with E-state index in [1.54, 1.807) is 12.1 Å². The summed E-state index contributed by atoms with van der Waals surface area (Å²) in [6, 6.07) is 6.46. The number of aryl methyl sites for hydroxylation is 1. The fourth-order valence-electron chi connectivity index (χ4n) is 10.0. The van der Waals surface area contributed by atoms with Crippen molar-refractivity contribution in [2.24, 2.45) is 40.4 Å². The lowest BCUT2D eigenvalue weighted by Crippen LogP contribution is -2.51. The van der Waals surface area contributed by atoms with E-state index < -0.39 is 5.97 Å². The number of nitrogens with one attached hydrogen (secondary N) is 2. The van der Waals surface area contributed by atoms with Gasteiger partial charge in [0.1, 0.15) is 11.5 Å². The number of imidazole rings is 1. The normalized spacial score (nSPS) is 36.1. The highest BCUT2D eigenvalue weighted by atomic mass is 16.4. The van der Waals surface area contributed by atoms with Crippen LogP contribution in [0, 0.1) is 40.4 Å². The van der Waals surface area contributed by atoms with Gasteiger partial charge in [-0.05, 0) is 129 Å². The smallest absolute Gasteiger partial charge is 0.335 e. The molecule has 0 aliphatic heterocycles. The van der Waals surface area contributed by atoms with Crippen molar-refractivity contribution in [1.82, 2.24) is 9.97 Å². The SMILES string of the molecule is CC1(C)C2CCC(c3nc(C(=O)Nc4cccc(C(=O)O)c4)c(CCC45CC6CC(CC(C6)C4)C5)[nH]3)C1C2. The Balaban J connectivity index is 1.16. The van der Waals surface area contributed by atoms with Gasteiger partial charge in [-0.25, -0.2) is 9.78 Å². The van der Waals surface area contributed by atoms with Crippen LogP contribution in [0.1, 0.15) is 116 Å². The van der Waals surface area contributed by atoms with Crippen LogP contribution in [-0.2, 0) is 6.42 Å². The van der Waals surface area contributed by atoms with Crippen LogP contribution in [0.2, 0.25) is 0 Å². The minimum Gasteiger partial charge on any atom is -0.478 e. The third-order valence-corrected chi connectivity index (χ3v) is 11.7. The molecule has 6 heteroatoms. The van der Waals surface area contributed by atoms with Crippen molar-refractivity contribution < 1.29 is 14.7 Å². The molecule has 1 amide bonds. The maximum atomic E-state index is 13.6. The fraction of sp³-hybridized carbons (Fsp3) is 0.656. The summed E-state index contributed by atoms with van der Waals surface area (Å²) in [5.74, 6) is 4.31. The number of amides is 1. The van der Waals surface area contributed by atoms with E-state index in [4.69, 9.17) is 4.98 Å². The number of benzene rings is 1. The van der Waals surface area contributed by atoms with E-state index in [1.165, 1.54) is 63.5 Å². The fourth-order valence-corrected chi connectivity index (χ4v) is 10.0. The number of H-pyrrole nitrogens is 1. The second kappa shape index (κ2) is 8.69. The van der Waals surface area contributed by atoms with Gasteiger partial charge in [-0.3, -0.25) is 4.79 Å². The maximum absolute atomic E-state index is 13.6. The Bertz CT molecular complexity index is 1240. The van der Waals surface area contributed by atoms with E-state index in [0.717, 1.165) is 54.5 Å². The summed E-state index contributed by atoms with van der Waals surface area (Å²) in [6.07, 6.45) is 14.1. The summed E-state index contributed by atoms with van der Waals surface area (Å²) >= 11 is 0. The summed E-state index contributed by atoms with van der Waals surface area (Å²) in [5, 5.41) is 12.3. The minimum absolute atomic E-state index is 0.163. The van der Waals surface area contributed by atoms with Crippen LogP contribution in [0.15, 0.2) is 24.3 Å². The van der Waals surface area contributed by atoms with Crippen molar-refractivity contribution in [3.05, 3.63) is 47.0 Å². The van der Waals surface area contributed by atoms with Crippen LogP contribution >= 0.6 is 0 Å². The number of anilines is 1. The van der Waals surface area contributed by atoms with Gasteiger partial charge in [0.05, 0.1) is 5.56 Å². The molecular weight excluding hydrogens is 474 g/mol. The molecule has 1 aromatic heterocycles. The number of hydrogen-bond acceptors (Lipinski definition) is 3. The number of carboxylic acid groups (broad SMARTS) is 1. The van der Waals surface area contributed by atoms with E-state index in [-0.39, 0.29) is 11.5 Å². The average molecular weight is 516 g/mol. The van der Waals surface area contributed by atoms with Gasteiger partial charge in [-0.1, -0.05) is 19.9 Å². The van der Waals surface area contributed by atoms with Crippen molar-refractivity contribution >= 4 is 17.6 Å². The predicted octanol–water partition coefficient (Wildman–Crippen LogP) is 7.05. The Morgan fingerprint density at radius 3 is 2.39 bits per heavy atom. The number of aromatic carboxylic acids is 1. The van der Waals surface area contributed by atoms with Crippen LogP contribution in [0.4, 0.5) is 5.69 Å². The van der Waals surface area contributed by atoms with Crippen molar-refractivity contribution in [2.45, 2.75) is 90.4 Å². The third-order valence-electron chi connectivity index (χ3n) is 11.7. The molecule has 9 rings (SSSR count). The molecule has 0 radical (unpaired) electrons. The second-order valence-electron chi connectivity index (χ2n) is 14.3. The van der Waals surface area contributed by atoms with Crippen molar-refractivity contribution in [3.63, 3.8) is 0 Å². The lowest BCUT2D eigenvalue weighted by atomic mass is 9.45. The molecular formula is C32H41N3O3. The lowest BCUT2D eigenvalue weighted by Gasteiger charge is -2.59.